The number of rotatable bonds is 9. The Balaban J connectivity index is 2.52. The van der Waals surface area contributed by atoms with Gasteiger partial charge in [0.15, 0.2) is 0 Å². The molecule has 3 heteroatoms. The van der Waals surface area contributed by atoms with Crippen molar-refractivity contribution in [3.63, 3.8) is 0 Å². The first-order valence-electron chi connectivity index (χ1n) is 8.20. The fraction of sp³-hybridized carbons (Fsp3) is 0.611. The lowest BCUT2D eigenvalue weighted by Gasteiger charge is -2.29. The highest BCUT2D eigenvalue weighted by Gasteiger charge is 2.19. The molecule has 0 radical (unpaired) electrons. The van der Waals surface area contributed by atoms with Crippen molar-refractivity contribution in [3.8, 4) is 0 Å². The third-order valence-electron chi connectivity index (χ3n) is 4.09. The molecule has 21 heavy (non-hydrogen) atoms. The number of amides is 1. The number of hydrogen-bond donors (Lipinski definition) is 1. The van der Waals surface area contributed by atoms with Crippen LogP contribution in [0.1, 0.15) is 64.5 Å². The Bertz CT molecular complexity index is 405. The van der Waals surface area contributed by atoms with Gasteiger partial charge in [0, 0.05) is 25.0 Å². The minimum Gasteiger partial charge on any atom is -0.340 e. The van der Waals surface area contributed by atoms with Gasteiger partial charge in [-0.05, 0) is 31.7 Å². The lowest BCUT2D eigenvalue weighted by molar-refractivity contribution is -0.133. The zero-order valence-corrected chi connectivity index (χ0v) is 13.7. The van der Waals surface area contributed by atoms with Crippen LogP contribution < -0.4 is 5.73 Å². The molecule has 0 fully saturated rings. The second-order valence-corrected chi connectivity index (χ2v) is 5.75. The smallest absolute Gasteiger partial charge is 0.222 e. The second kappa shape index (κ2) is 9.56. The zero-order valence-electron chi connectivity index (χ0n) is 13.7. The van der Waals surface area contributed by atoms with Crippen molar-refractivity contribution in [2.45, 2.75) is 65.0 Å². The van der Waals surface area contributed by atoms with Crippen LogP contribution in [-0.4, -0.2) is 23.4 Å². The number of unbranched alkanes of at least 4 members (excludes halogenated alkanes) is 1. The van der Waals surface area contributed by atoms with Crippen molar-refractivity contribution in [1.82, 2.24) is 4.90 Å². The van der Waals surface area contributed by atoms with Crippen molar-refractivity contribution in [3.05, 3.63) is 35.9 Å². The molecular weight excluding hydrogens is 260 g/mol. The topological polar surface area (TPSA) is 46.3 Å². The van der Waals surface area contributed by atoms with Gasteiger partial charge < -0.3 is 10.6 Å². The Morgan fingerprint density at radius 3 is 2.48 bits per heavy atom. The van der Waals surface area contributed by atoms with Crippen LogP contribution in [-0.2, 0) is 4.79 Å². The molecule has 0 spiro atoms. The number of benzene rings is 1. The van der Waals surface area contributed by atoms with E-state index in [1.807, 2.05) is 35.2 Å². The fourth-order valence-electron chi connectivity index (χ4n) is 2.43. The summed E-state index contributed by atoms with van der Waals surface area (Å²) in [5.74, 6) is 0.240. The van der Waals surface area contributed by atoms with Crippen molar-refractivity contribution in [1.29, 1.82) is 0 Å². The van der Waals surface area contributed by atoms with E-state index < -0.39 is 0 Å². The molecule has 0 heterocycles. The molecular formula is C18H30N2O. The van der Waals surface area contributed by atoms with E-state index in [1.54, 1.807) is 0 Å². The maximum Gasteiger partial charge on any atom is 0.222 e. The molecule has 2 N–H and O–H groups in total. The molecule has 0 aliphatic heterocycles. The number of hydrogen-bond acceptors (Lipinski definition) is 2. The lowest BCUT2D eigenvalue weighted by atomic mass is 10.0. The van der Waals surface area contributed by atoms with Crippen molar-refractivity contribution < 1.29 is 4.79 Å². The van der Waals surface area contributed by atoms with Crippen molar-refractivity contribution in [2.75, 3.05) is 6.54 Å². The van der Waals surface area contributed by atoms with Gasteiger partial charge in [0.2, 0.25) is 5.91 Å². The SMILES string of the molecule is CCCCN(C(=O)CCC(N)c1ccccc1)C(C)CC. The summed E-state index contributed by atoms with van der Waals surface area (Å²) in [6, 6.07) is 10.3. The molecule has 1 amide bonds. The summed E-state index contributed by atoms with van der Waals surface area (Å²) in [5, 5.41) is 0. The lowest BCUT2D eigenvalue weighted by Crippen LogP contribution is -2.39. The number of carbonyl (C=O) groups is 1. The minimum atomic E-state index is -0.0555. The number of nitrogens with two attached hydrogens (primary N) is 1. The Labute approximate surface area is 129 Å². The molecule has 0 saturated heterocycles. The first-order valence-corrected chi connectivity index (χ1v) is 8.20. The molecule has 0 saturated carbocycles. The first kappa shape index (κ1) is 17.7. The Kier molecular flexibility index (Phi) is 8.06. The van der Waals surface area contributed by atoms with Crippen LogP contribution in [0.3, 0.4) is 0 Å². The predicted molar refractivity (Wildman–Crippen MR) is 89.0 cm³/mol. The van der Waals surface area contributed by atoms with E-state index in [-0.39, 0.29) is 11.9 Å². The number of carbonyl (C=O) groups excluding carboxylic acids is 1. The Morgan fingerprint density at radius 2 is 1.90 bits per heavy atom. The molecule has 0 aromatic heterocycles. The van der Waals surface area contributed by atoms with E-state index in [9.17, 15) is 4.79 Å². The van der Waals surface area contributed by atoms with Gasteiger partial charge in [-0.25, -0.2) is 0 Å². The third kappa shape index (κ3) is 5.88. The molecule has 1 rings (SSSR count). The Morgan fingerprint density at radius 1 is 1.24 bits per heavy atom. The van der Waals surface area contributed by atoms with Crippen molar-refractivity contribution >= 4 is 5.91 Å². The van der Waals surface area contributed by atoms with Crippen LogP contribution in [0.4, 0.5) is 0 Å². The molecule has 2 atom stereocenters. The van der Waals surface area contributed by atoms with E-state index in [1.165, 1.54) is 0 Å². The van der Waals surface area contributed by atoms with Crippen LogP contribution in [0.15, 0.2) is 30.3 Å². The summed E-state index contributed by atoms with van der Waals surface area (Å²) < 4.78 is 0. The normalized spacial score (nSPS) is 13.7. The molecule has 0 aliphatic rings. The summed E-state index contributed by atoms with van der Waals surface area (Å²) in [7, 11) is 0. The van der Waals surface area contributed by atoms with Gasteiger partial charge in [-0.3, -0.25) is 4.79 Å². The van der Waals surface area contributed by atoms with Gasteiger partial charge >= 0.3 is 0 Å². The minimum absolute atomic E-state index is 0.0555. The van der Waals surface area contributed by atoms with Gasteiger partial charge in [-0.15, -0.1) is 0 Å². The molecule has 2 unspecified atom stereocenters. The third-order valence-corrected chi connectivity index (χ3v) is 4.09. The van der Waals surface area contributed by atoms with Gasteiger partial charge in [0.25, 0.3) is 0 Å². The average Bonchev–Trinajstić information content (AvgIpc) is 2.53. The van der Waals surface area contributed by atoms with E-state index in [0.717, 1.165) is 31.4 Å². The standard InChI is InChI=1S/C18H30N2O/c1-4-6-14-20(15(3)5-2)18(21)13-12-17(19)16-10-8-7-9-11-16/h7-11,15,17H,4-6,12-14,19H2,1-3H3. The predicted octanol–water partition coefficient (Wildman–Crippen LogP) is 3.89. The average molecular weight is 290 g/mol. The van der Waals surface area contributed by atoms with Crippen LogP contribution in [0.2, 0.25) is 0 Å². The highest BCUT2D eigenvalue weighted by molar-refractivity contribution is 5.76. The van der Waals surface area contributed by atoms with Crippen molar-refractivity contribution in [2.24, 2.45) is 5.73 Å². The monoisotopic (exact) mass is 290 g/mol. The zero-order chi connectivity index (χ0) is 15.7. The Hall–Kier alpha value is -1.35. The van der Waals surface area contributed by atoms with Crippen LogP contribution in [0, 0.1) is 0 Å². The summed E-state index contributed by atoms with van der Waals surface area (Å²) in [4.78, 5) is 14.5. The summed E-state index contributed by atoms with van der Waals surface area (Å²) in [5.41, 5.74) is 7.29. The molecule has 1 aromatic rings. The fourth-order valence-corrected chi connectivity index (χ4v) is 2.43. The molecule has 1 aromatic carbocycles. The maximum atomic E-state index is 12.5. The molecule has 118 valence electrons. The van der Waals surface area contributed by atoms with Gasteiger partial charge in [-0.2, -0.15) is 0 Å². The van der Waals surface area contributed by atoms with E-state index in [2.05, 4.69) is 20.8 Å². The van der Waals surface area contributed by atoms with E-state index in [4.69, 9.17) is 5.73 Å². The van der Waals surface area contributed by atoms with Gasteiger partial charge in [0.05, 0.1) is 0 Å². The largest absolute Gasteiger partial charge is 0.340 e. The van der Waals surface area contributed by atoms with Crippen LogP contribution in [0.25, 0.3) is 0 Å². The summed E-state index contributed by atoms with van der Waals surface area (Å²) >= 11 is 0. The molecule has 3 nitrogen and oxygen atoms in total. The maximum absolute atomic E-state index is 12.5. The highest BCUT2D eigenvalue weighted by atomic mass is 16.2. The molecule has 0 aliphatic carbocycles. The van der Waals surface area contributed by atoms with Gasteiger partial charge in [-0.1, -0.05) is 50.6 Å². The van der Waals surface area contributed by atoms with E-state index >= 15 is 0 Å². The second-order valence-electron chi connectivity index (χ2n) is 5.75. The number of nitrogens with zero attached hydrogens (tertiary/aromatic N) is 1. The van der Waals surface area contributed by atoms with Gasteiger partial charge in [0.1, 0.15) is 0 Å². The molecule has 0 bridgehead atoms. The van der Waals surface area contributed by atoms with Crippen LogP contribution >= 0.6 is 0 Å². The summed E-state index contributed by atoms with van der Waals surface area (Å²) in [6.07, 6.45) is 4.43. The highest BCUT2D eigenvalue weighted by Crippen LogP contribution is 2.17. The first-order chi connectivity index (χ1) is 10.1. The quantitative estimate of drug-likeness (QED) is 0.750. The van der Waals surface area contributed by atoms with Crippen LogP contribution in [0.5, 0.6) is 0 Å². The van der Waals surface area contributed by atoms with E-state index in [0.29, 0.717) is 18.9 Å². The summed E-state index contributed by atoms with van der Waals surface area (Å²) in [6.45, 7) is 7.28.